The van der Waals surface area contributed by atoms with Gasteiger partial charge >= 0.3 is 0 Å². The molecule has 0 atom stereocenters. The standard InChI is InChI=1S/C19H17N3O3S2/c20-15(23)12-26-19-22-17(13-7-3-1-4-8-13)18(27-19)21-16(24)11-25-14-9-5-2-6-10-14/h1-10H,11-12H2,(H2,20,23)(H,21,24). The fourth-order valence-electron chi connectivity index (χ4n) is 2.20. The van der Waals surface area contributed by atoms with Crippen molar-refractivity contribution in [1.82, 2.24) is 4.98 Å². The van der Waals surface area contributed by atoms with Crippen LogP contribution in [0.15, 0.2) is 65.0 Å². The Morgan fingerprint density at radius 2 is 1.74 bits per heavy atom. The summed E-state index contributed by atoms with van der Waals surface area (Å²) in [5, 5.41) is 3.46. The number of nitrogens with two attached hydrogens (primary N) is 1. The summed E-state index contributed by atoms with van der Waals surface area (Å²) < 4.78 is 6.14. The monoisotopic (exact) mass is 399 g/mol. The highest BCUT2D eigenvalue weighted by atomic mass is 32.2. The number of nitrogens with one attached hydrogen (secondary N) is 1. The topological polar surface area (TPSA) is 94.3 Å². The van der Waals surface area contributed by atoms with Gasteiger partial charge in [-0.25, -0.2) is 4.98 Å². The Labute approximate surface area is 164 Å². The molecule has 3 aromatic rings. The number of ether oxygens (including phenoxy) is 1. The smallest absolute Gasteiger partial charge is 0.262 e. The van der Waals surface area contributed by atoms with Crippen LogP contribution in [-0.2, 0) is 9.59 Å². The number of nitrogens with zero attached hydrogens (tertiary/aromatic N) is 1. The zero-order chi connectivity index (χ0) is 19.1. The number of para-hydroxylation sites is 1. The fourth-order valence-corrected chi connectivity index (χ4v) is 4.02. The van der Waals surface area contributed by atoms with Crippen molar-refractivity contribution >= 4 is 39.9 Å². The third-order valence-electron chi connectivity index (χ3n) is 3.36. The van der Waals surface area contributed by atoms with E-state index in [1.807, 2.05) is 48.5 Å². The Morgan fingerprint density at radius 3 is 2.41 bits per heavy atom. The Balaban J connectivity index is 1.74. The lowest BCUT2D eigenvalue weighted by atomic mass is 10.2. The summed E-state index contributed by atoms with van der Waals surface area (Å²) in [5.41, 5.74) is 6.73. The van der Waals surface area contributed by atoms with Gasteiger partial charge in [0.2, 0.25) is 5.91 Å². The molecule has 0 fully saturated rings. The van der Waals surface area contributed by atoms with Gasteiger partial charge in [0.1, 0.15) is 16.4 Å². The number of thiazole rings is 1. The molecule has 8 heteroatoms. The zero-order valence-corrected chi connectivity index (χ0v) is 15.9. The van der Waals surface area contributed by atoms with E-state index in [4.69, 9.17) is 10.5 Å². The summed E-state index contributed by atoms with van der Waals surface area (Å²) in [5.74, 6) is 0.0501. The number of primary amides is 1. The van der Waals surface area contributed by atoms with E-state index in [-0.39, 0.29) is 18.3 Å². The van der Waals surface area contributed by atoms with Gasteiger partial charge in [0.25, 0.3) is 5.91 Å². The Hall–Kier alpha value is -2.84. The predicted molar refractivity (Wildman–Crippen MR) is 108 cm³/mol. The molecule has 2 amide bonds. The van der Waals surface area contributed by atoms with Gasteiger partial charge in [-0.3, -0.25) is 9.59 Å². The normalized spacial score (nSPS) is 10.4. The van der Waals surface area contributed by atoms with Crippen molar-refractivity contribution < 1.29 is 14.3 Å². The van der Waals surface area contributed by atoms with E-state index >= 15 is 0 Å². The predicted octanol–water partition coefficient (Wildman–Crippen LogP) is 3.41. The van der Waals surface area contributed by atoms with Gasteiger partial charge in [0, 0.05) is 5.56 Å². The minimum Gasteiger partial charge on any atom is -0.484 e. The SMILES string of the molecule is NC(=O)CSc1nc(-c2ccccc2)c(NC(=O)COc2ccccc2)s1. The van der Waals surface area contributed by atoms with Crippen LogP contribution in [0.25, 0.3) is 11.3 Å². The lowest BCUT2D eigenvalue weighted by Crippen LogP contribution is -2.19. The van der Waals surface area contributed by atoms with Crippen LogP contribution in [0.2, 0.25) is 0 Å². The molecule has 0 bridgehead atoms. The fraction of sp³-hybridized carbons (Fsp3) is 0.105. The Kier molecular flexibility index (Phi) is 6.45. The minimum absolute atomic E-state index is 0.111. The Morgan fingerprint density at radius 1 is 1.07 bits per heavy atom. The van der Waals surface area contributed by atoms with Gasteiger partial charge < -0.3 is 15.8 Å². The van der Waals surface area contributed by atoms with Crippen LogP contribution in [0.3, 0.4) is 0 Å². The number of hydrogen-bond donors (Lipinski definition) is 2. The van der Waals surface area contributed by atoms with Gasteiger partial charge in [0.05, 0.1) is 5.75 Å². The van der Waals surface area contributed by atoms with Crippen LogP contribution in [-0.4, -0.2) is 29.2 Å². The lowest BCUT2D eigenvalue weighted by molar-refractivity contribution is -0.118. The van der Waals surface area contributed by atoms with Gasteiger partial charge in [-0.05, 0) is 12.1 Å². The van der Waals surface area contributed by atoms with Crippen molar-refractivity contribution in [3.63, 3.8) is 0 Å². The third kappa shape index (κ3) is 5.57. The average Bonchev–Trinajstić information content (AvgIpc) is 3.09. The van der Waals surface area contributed by atoms with Gasteiger partial charge in [-0.15, -0.1) is 0 Å². The highest BCUT2D eigenvalue weighted by Crippen LogP contribution is 2.37. The number of carbonyl (C=O) groups excluding carboxylic acids is 2. The molecule has 0 aliphatic rings. The van der Waals surface area contributed by atoms with Crippen molar-refractivity contribution in [2.75, 3.05) is 17.7 Å². The summed E-state index contributed by atoms with van der Waals surface area (Å²) in [6.45, 7) is -0.111. The maximum absolute atomic E-state index is 12.3. The van der Waals surface area contributed by atoms with Crippen LogP contribution in [0.5, 0.6) is 5.75 Å². The summed E-state index contributed by atoms with van der Waals surface area (Å²) in [7, 11) is 0. The maximum Gasteiger partial charge on any atom is 0.262 e. The number of anilines is 1. The van der Waals surface area contributed by atoms with Crippen LogP contribution in [0.4, 0.5) is 5.00 Å². The highest BCUT2D eigenvalue weighted by Gasteiger charge is 2.16. The second-order valence-corrected chi connectivity index (χ2v) is 7.65. The number of carbonyl (C=O) groups is 2. The van der Waals surface area contributed by atoms with Crippen LogP contribution < -0.4 is 15.8 Å². The molecule has 3 rings (SSSR count). The van der Waals surface area contributed by atoms with Gasteiger partial charge in [-0.2, -0.15) is 0 Å². The second kappa shape index (κ2) is 9.20. The maximum atomic E-state index is 12.3. The average molecular weight is 399 g/mol. The van der Waals surface area contributed by atoms with E-state index in [1.54, 1.807) is 12.1 Å². The zero-order valence-electron chi connectivity index (χ0n) is 14.3. The molecular formula is C19H17N3O3S2. The first kappa shape index (κ1) is 18.9. The summed E-state index contributed by atoms with van der Waals surface area (Å²) in [6, 6.07) is 18.7. The molecular weight excluding hydrogens is 382 g/mol. The molecule has 0 spiro atoms. The quantitative estimate of drug-likeness (QED) is 0.566. The van der Waals surface area contributed by atoms with E-state index in [2.05, 4.69) is 10.3 Å². The number of aromatic nitrogens is 1. The van der Waals surface area contributed by atoms with Crippen LogP contribution >= 0.6 is 23.1 Å². The van der Waals surface area contributed by atoms with E-state index in [1.165, 1.54) is 23.1 Å². The summed E-state index contributed by atoms with van der Waals surface area (Å²) in [6.07, 6.45) is 0. The second-order valence-electron chi connectivity index (χ2n) is 5.43. The molecule has 1 heterocycles. The number of benzene rings is 2. The first-order valence-corrected chi connectivity index (χ1v) is 9.87. The van der Waals surface area contributed by atoms with E-state index in [9.17, 15) is 9.59 Å². The molecule has 0 unspecified atom stereocenters. The van der Waals surface area contributed by atoms with Crippen molar-refractivity contribution in [1.29, 1.82) is 0 Å². The summed E-state index contributed by atoms with van der Waals surface area (Å²) in [4.78, 5) is 27.9. The lowest BCUT2D eigenvalue weighted by Gasteiger charge is -2.07. The van der Waals surface area contributed by atoms with E-state index < -0.39 is 5.91 Å². The van der Waals surface area contributed by atoms with Crippen LogP contribution in [0.1, 0.15) is 0 Å². The number of hydrogen-bond acceptors (Lipinski definition) is 6. The molecule has 0 radical (unpaired) electrons. The van der Waals surface area contributed by atoms with Crippen molar-refractivity contribution in [3.05, 3.63) is 60.7 Å². The van der Waals surface area contributed by atoms with Gasteiger partial charge in [-0.1, -0.05) is 71.6 Å². The molecule has 0 saturated heterocycles. The first-order chi connectivity index (χ1) is 13.1. The van der Waals surface area contributed by atoms with Crippen molar-refractivity contribution in [3.8, 4) is 17.0 Å². The molecule has 0 aliphatic heterocycles. The van der Waals surface area contributed by atoms with Crippen molar-refractivity contribution in [2.24, 2.45) is 5.73 Å². The largest absolute Gasteiger partial charge is 0.484 e. The molecule has 6 nitrogen and oxygen atoms in total. The van der Waals surface area contributed by atoms with Gasteiger partial charge in [0.15, 0.2) is 10.9 Å². The molecule has 1 aromatic heterocycles. The molecule has 0 saturated carbocycles. The number of rotatable bonds is 8. The molecule has 2 aromatic carbocycles. The third-order valence-corrected chi connectivity index (χ3v) is 5.49. The number of thioether (sulfide) groups is 1. The Bertz CT molecular complexity index is 914. The molecule has 27 heavy (non-hydrogen) atoms. The summed E-state index contributed by atoms with van der Waals surface area (Å²) >= 11 is 2.55. The van der Waals surface area contributed by atoms with E-state index in [0.29, 0.717) is 20.8 Å². The molecule has 0 aliphatic carbocycles. The minimum atomic E-state index is -0.418. The van der Waals surface area contributed by atoms with Crippen LogP contribution in [0, 0.1) is 0 Å². The van der Waals surface area contributed by atoms with E-state index in [0.717, 1.165) is 5.56 Å². The molecule has 138 valence electrons. The van der Waals surface area contributed by atoms with Crippen molar-refractivity contribution in [2.45, 2.75) is 4.34 Å². The molecule has 3 N–H and O–H groups in total. The first-order valence-electron chi connectivity index (χ1n) is 8.07. The highest BCUT2D eigenvalue weighted by molar-refractivity contribution is 8.01. The number of amides is 2.